The van der Waals surface area contributed by atoms with Crippen LogP contribution in [0.4, 0.5) is 0 Å². The molecule has 0 radical (unpaired) electrons. The predicted octanol–water partition coefficient (Wildman–Crippen LogP) is 2.29. The van der Waals surface area contributed by atoms with Gasteiger partial charge < -0.3 is 4.57 Å². The minimum atomic E-state index is 1.17. The molecule has 0 spiro atoms. The standard InChI is InChI=1S/C12H15N.C2H6/c1-5-7-11-10(3)9-13(4)12(11)8-6-2;1-2/h5-9H,1-2H2,3-4H3;1-2H3/b11-7-,12-8+;. The quantitative estimate of drug-likeness (QED) is 0.695. The Hall–Kier alpha value is -1.50. The van der Waals surface area contributed by atoms with Gasteiger partial charge in [-0.1, -0.05) is 45.2 Å². The fraction of sp³-hybridized carbons (Fsp3) is 0.286. The van der Waals surface area contributed by atoms with Gasteiger partial charge in [-0.3, -0.25) is 0 Å². The highest BCUT2D eigenvalue weighted by Gasteiger charge is 1.94. The van der Waals surface area contributed by atoms with E-state index in [0.717, 1.165) is 0 Å². The van der Waals surface area contributed by atoms with Crippen LogP contribution < -0.4 is 10.6 Å². The highest BCUT2D eigenvalue weighted by molar-refractivity contribution is 5.43. The topological polar surface area (TPSA) is 4.93 Å². The van der Waals surface area contributed by atoms with Crippen LogP contribution in [-0.2, 0) is 7.05 Å². The maximum absolute atomic E-state index is 3.70. The molecule has 0 fully saturated rings. The Bertz CT molecular complexity index is 392. The first-order valence-corrected chi connectivity index (χ1v) is 5.28. The van der Waals surface area contributed by atoms with Crippen molar-refractivity contribution in [2.45, 2.75) is 20.8 Å². The van der Waals surface area contributed by atoms with Crippen molar-refractivity contribution in [2.75, 3.05) is 0 Å². The van der Waals surface area contributed by atoms with Crippen LogP contribution in [0.15, 0.2) is 31.5 Å². The first kappa shape index (κ1) is 13.5. The maximum Gasteiger partial charge on any atom is 0.0480 e. The van der Waals surface area contributed by atoms with Crippen molar-refractivity contribution in [3.8, 4) is 0 Å². The van der Waals surface area contributed by atoms with Crippen LogP contribution in [0.3, 0.4) is 0 Å². The fourth-order valence-corrected chi connectivity index (χ4v) is 1.48. The second-order valence-electron chi connectivity index (χ2n) is 3.03. The van der Waals surface area contributed by atoms with Crippen LogP contribution in [0.2, 0.25) is 0 Å². The van der Waals surface area contributed by atoms with E-state index in [1.165, 1.54) is 16.1 Å². The zero-order chi connectivity index (χ0) is 11.8. The summed E-state index contributed by atoms with van der Waals surface area (Å²) in [7, 11) is 2.03. The van der Waals surface area contributed by atoms with Crippen molar-refractivity contribution in [1.29, 1.82) is 0 Å². The van der Waals surface area contributed by atoms with E-state index < -0.39 is 0 Å². The van der Waals surface area contributed by atoms with Crippen LogP contribution >= 0.6 is 0 Å². The van der Waals surface area contributed by atoms with Crippen LogP contribution in [0.1, 0.15) is 19.4 Å². The molecule has 0 amide bonds. The monoisotopic (exact) mass is 203 g/mol. The average Bonchev–Trinajstić information content (AvgIpc) is 2.49. The van der Waals surface area contributed by atoms with Gasteiger partial charge in [0, 0.05) is 23.8 Å². The fourth-order valence-electron chi connectivity index (χ4n) is 1.48. The Kier molecular flexibility index (Phi) is 6.19. The van der Waals surface area contributed by atoms with E-state index in [1.807, 2.05) is 39.1 Å². The van der Waals surface area contributed by atoms with Gasteiger partial charge in [0.15, 0.2) is 0 Å². The molecule has 0 N–H and O–H groups in total. The van der Waals surface area contributed by atoms with Crippen LogP contribution in [-0.4, -0.2) is 4.57 Å². The van der Waals surface area contributed by atoms with Crippen molar-refractivity contribution in [1.82, 2.24) is 4.57 Å². The van der Waals surface area contributed by atoms with E-state index >= 15 is 0 Å². The summed E-state index contributed by atoms with van der Waals surface area (Å²) in [4.78, 5) is 0. The van der Waals surface area contributed by atoms with E-state index in [2.05, 4.69) is 30.8 Å². The van der Waals surface area contributed by atoms with Crippen molar-refractivity contribution in [2.24, 2.45) is 7.05 Å². The molecule has 0 saturated heterocycles. The van der Waals surface area contributed by atoms with E-state index in [-0.39, 0.29) is 0 Å². The summed E-state index contributed by atoms with van der Waals surface area (Å²) in [5.41, 5.74) is 1.26. The highest BCUT2D eigenvalue weighted by Crippen LogP contribution is 1.84. The van der Waals surface area contributed by atoms with Crippen LogP contribution in [0.5, 0.6) is 0 Å². The first-order valence-electron chi connectivity index (χ1n) is 5.28. The third kappa shape index (κ3) is 3.28. The largest absolute Gasteiger partial charge is 0.350 e. The lowest BCUT2D eigenvalue weighted by Gasteiger charge is -1.87. The molecule has 0 atom stereocenters. The first-order chi connectivity index (χ1) is 7.20. The zero-order valence-electron chi connectivity index (χ0n) is 10.2. The Morgan fingerprint density at radius 3 is 2.13 bits per heavy atom. The summed E-state index contributed by atoms with van der Waals surface area (Å²) in [6.45, 7) is 13.5. The number of hydrogen-bond donors (Lipinski definition) is 0. The number of aryl methyl sites for hydroxylation is 2. The molecule has 0 bridgehead atoms. The van der Waals surface area contributed by atoms with E-state index in [0.29, 0.717) is 0 Å². The summed E-state index contributed by atoms with van der Waals surface area (Å²) in [5.74, 6) is 0. The lowest BCUT2D eigenvalue weighted by Crippen LogP contribution is -2.27. The minimum Gasteiger partial charge on any atom is -0.350 e. The summed E-state index contributed by atoms with van der Waals surface area (Å²) < 4.78 is 2.09. The van der Waals surface area contributed by atoms with Crippen molar-refractivity contribution < 1.29 is 0 Å². The Labute approximate surface area is 92.7 Å². The number of allylic oxidation sites excluding steroid dienone is 2. The molecule has 15 heavy (non-hydrogen) atoms. The zero-order valence-corrected chi connectivity index (χ0v) is 10.2. The Morgan fingerprint density at radius 2 is 1.67 bits per heavy atom. The van der Waals surface area contributed by atoms with E-state index in [1.54, 1.807) is 6.08 Å². The molecule has 0 aliphatic rings. The van der Waals surface area contributed by atoms with Gasteiger partial charge in [0.1, 0.15) is 0 Å². The predicted molar refractivity (Wildman–Crippen MR) is 70.1 cm³/mol. The third-order valence-corrected chi connectivity index (χ3v) is 2.03. The minimum absolute atomic E-state index is 1.17. The molecule has 82 valence electrons. The maximum atomic E-state index is 3.70. The highest BCUT2D eigenvalue weighted by atomic mass is 14.9. The molecule has 0 saturated carbocycles. The van der Waals surface area contributed by atoms with Gasteiger partial charge in [0.25, 0.3) is 0 Å². The molecule has 0 aromatic carbocycles. The molecule has 1 heteroatoms. The average molecular weight is 203 g/mol. The van der Waals surface area contributed by atoms with Crippen molar-refractivity contribution in [3.63, 3.8) is 0 Å². The molecule has 0 unspecified atom stereocenters. The normalized spacial score (nSPS) is 12.0. The second kappa shape index (κ2) is 6.88. The van der Waals surface area contributed by atoms with E-state index in [4.69, 9.17) is 0 Å². The van der Waals surface area contributed by atoms with Crippen molar-refractivity contribution in [3.05, 3.63) is 47.6 Å². The van der Waals surface area contributed by atoms with Gasteiger partial charge in [0.2, 0.25) is 0 Å². The summed E-state index contributed by atoms with van der Waals surface area (Å²) in [5, 5.41) is 2.39. The Morgan fingerprint density at radius 1 is 1.13 bits per heavy atom. The summed E-state index contributed by atoms with van der Waals surface area (Å²) in [6.07, 6.45) is 9.73. The Balaban J connectivity index is 0.000000921. The number of aromatic nitrogens is 1. The second-order valence-corrected chi connectivity index (χ2v) is 3.03. The van der Waals surface area contributed by atoms with Gasteiger partial charge in [-0.15, -0.1) is 0 Å². The molecular weight excluding hydrogens is 182 g/mol. The molecule has 1 aromatic rings. The molecule has 1 heterocycles. The molecule has 1 nitrogen and oxygen atoms in total. The molecular formula is C14H21N. The van der Waals surface area contributed by atoms with Gasteiger partial charge >= 0.3 is 0 Å². The van der Waals surface area contributed by atoms with Gasteiger partial charge in [-0.05, 0) is 18.6 Å². The lowest BCUT2D eigenvalue weighted by molar-refractivity contribution is 0.887. The third-order valence-electron chi connectivity index (χ3n) is 2.03. The SMILES string of the molecule is C=C/C=c1/c(C)cn(C)/c1=C/C=C.CC. The molecule has 1 aromatic heterocycles. The lowest BCUT2D eigenvalue weighted by atomic mass is 10.2. The number of hydrogen-bond acceptors (Lipinski definition) is 0. The summed E-state index contributed by atoms with van der Waals surface area (Å²) in [6, 6.07) is 0. The number of nitrogens with zero attached hydrogens (tertiary/aromatic N) is 1. The molecule has 1 rings (SSSR count). The van der Waals surface area contributed by atoms with Gasteiger partial charge in [0.05, 0.1) is 0 Å². The summed E-state index contributed by atoms with van der Waals surface area (Å²) >= 11 is 0. The van der Waals surface area contributed by atoms with Crippen LogP contribution in [0, 0.1) is 6.92 Å². The molecule has 0 aliphatic carbocycles. The van der Waals surface area contributed by atoms with Gasteiger partial charge in [-0.2, -0.15) is 0 Å². The smallest absolute Gasteiger partial charge is 0.0480 e. The molecule has 0 aliphatic heterocycles. The van der Waals surface area contributed by atoms with Crippen molar-refractivity contribution >= 4 is 12.2 Å². The number of rotatable bonds is 2. The van der Waals surface area contributed by atoms with Gasteiger partial charge in [-0.25, -0.2) is 0 Å². The van der Waals surface area contributed by atoms with Crippen LogP contribution in [0.25, 0.3) is 12.2 Å². The van der Waals surface area contributed by atoms with E-state index in [9.17, 15) is 0 Å².